The van der Waals surface area contributed by atoms with Gasteiger partial charge >= 0.3 is 0 Å². The first-order valence-electron chi connectivity index (χ1n) is 10.1. The molecule has 2 fully saturated rings. The lowest BCUT2D eigenvalue weighted by atomic mass is 10.1. The van der Waals surface area contributed by atoms with Gasteiger partial charge in [0.05, 0.1) is 11.2 Å². The standard InChI is InChI=1S/C21H25F2N3O2S/c1-14-4-2-6-25(14)10-16-5-3-7-26(16)21(27)20-18(22)8-17(9-19(20)23)28-11-15-12-29-13-24-15/h8-9,12-14,16H,2-7,10-11H2,1H3/t14-,16+/m1/s1. The summed E-state index contributed by atoms with van der Waals surface area (Å²) in [5, 5.41) is 1.80. The van der Waals surface area contributed by atoms with Crippen molar-refractivity contribution in [2.75, 3.05) is 19.6 Å². The highest BCUT2D eigenvalue weighted by Gasteiger charge is 2.35. The first-order valence-corrected chi connectivity index (χ1v) is 11.0. The maximum absolute atomic E-state index is 14.7. The molecule has 29 heavy (non-hydrogen) atoms. The Balaban J connectivity index is 1.47. The summed E-state index contributed by atoms with van der Waals surface area (Å²) in [6.45, 7) is 4.64. The fourth-order valence-electron chi connectivity index (χ4n) is 4.27. The van der Waals surface area contributed by atoms with Crippen LogP contribution in [0.15, 0.2) is 23.0 Å². The summed E-state index contributed by atoms with van der Waals surface area (Å²) in [4.78, 5) is 21.1. The maximum Gasteiger partial charge on any atom is 0.260 e. The number of carbonyl (C=O) groups excluding carboxylic acids is 1. The minimum absolute atomic E-state index is 0.00226. The van der Waals surface area contributed by atoms with Crippen LogP contribution in [0.25, 0.3) is 0 Å². The van der Waals surface area contributed by atoms with Crippen molar-refractivity contribution >= 4 is 17.2 Å². The number of amides is 1. The molecular weight excluding hydrogens is 396 g/mol. The molecule has 156 valence electrons. The first-order chi connectivity index (χ1) is 14.0. The Morgan fingerprint density at radius 3 is 2.66 bits per heavy atom. The normalized spacial score (nSPS) is 22.4. The lowest BCUT2D eigenvalue weighted by molar-refractivity contribution is 0.0687. The van der Waals surface area contributed by atoms with Crippen LogP contribution in [0.4, 0.5) is 8.78 Å². The number of hydrogen-bond donors (Lipinski definition) is 0. The molecule has 2 aliphatic heterocycles. The van der Waals surface area contributed by atoms with Crippen LogP contribution < -0.4 is 4.74 Å². The SMILES string of the molecule is C[C@@H]1CCCN1C[C@@H]1CCCN1C(=O)c1c(F)cc(OCc2cscn2)cc1F. The molecule has 0 radical (unpaired) electrons. The third kappa shape index (κ3) is 4.43. The molecule has 0 aliphatic carbocycles. The van der Waals surface area contributed by atoms with Crippen molar-refractivity contribution in [3.05, 3.63) is 45.9 Å². The second-order valence-electron chi connectivity index (χ2n) is 7.81. The highest BCUT2D eigenvalue weighted by molar-refractivity contribution is 7.07. The number of benzene rings is 1. The van der Waals surface area contributed by atoms with Gasteiger partial charge in [-0.3, -0.25) is 9.69 Å². The van der Waals surface area contributed by atoms with Crippen LogP contribution in [0.2, 0.25) is 0 Å². The van der Waals surface area contributed by atoms with Crippen LogP contribution in [-0.4, -0.2) is 52.4 Å². The first kappa shape index (κ1) is 20.2. The van der Waals surface area contributed by atoms with Crippen molar-refractivity contribution in [1.82, 2.24) is 14.8 Å². The van der Waals surface area contributed by atoms with Crippen molar-refractivity contribution in [2.45, 2.75) is 51.3 Å². The molecular formula is C21H25F2N3O2S. The summed E-state index contributed by atoms with van der Waals surface area (Å²) in [5.74, 6) is -2.29. The van der Waals surface area contributed by atoms with Gasteiger partial charge in [0.25, 0.3) is 5.91 Å². The van der Waals surface area contributed by atoms with E-state index in [1.54, 1.807) is 15.8 Å². The zero-order chi connectivity index (χ0) is 20.4. The number of ether oxygens (including phenoxy) is 1. The number of nitrogens with zero attached hydrogens (tertiary/aromatic N) is 3. The number of thiazole rings is 1. The zero-order valence-electron chi connectivity index (χ0n) is 16.4. The van der Waals surface area contributed by atoms with E-state index in [4.69, 9.17) is 4.74 Å². The van der Waals surface area contributed by atoms with E-state index in [9.17, 15) is 13.6 Å². The van der Waals surface area contributed by atoms with E-state index in [-0.39, 0.29) is 18.4 Å². The highest BCUT2D eigenvalue weighted by Crippen LogP contribution is 2.28. The number of likely N-dealkylation sites (tertiary alicyclic amines) is 2. The molecule has 2 aromatic rings. The van der Waals surface area contributed by atoms with Gasteiger partial charge in [0.1, 0.15) is 29.6 Å². The molecule has 8 heteroatoms. The molecule has 0 N–H and O–H groups in total. The Morgan fingerprint density at radius 2 is 2.00 bits per heavy atom. The Morgan fingerprint density at radius 1 is 1.24 bits per heavy atom. The fraction of sp³-hybridized carbons (Fsp3) is 0.524. The summed E-state index contributed by atoms with van der Waals surface area (Å²) in [6.07, 6.45) is 4.05. The number of hydrogen-bond acceptors (Lipinski definition) is 5. The average molecular weight is 422 g/mol. The maximum atomic E-state index is 14.7. The van der Waals surface area contributed by atoms with Crippen LogP contribution in [0.5, 0.6) is 5.75 Å². The van der Waals surface area contributed by atoms with Crippen molar-refractivity contribution in [3.8, 4) is 5.75 Å². The average Bonchev–Trinajstić information content (AvgIpc) is 3.43. The van der Waals surface area contributed by atoms with Gasteiger partial charge in [-0.2, -0.15) is 0 Å². The van der Waals surface area contributed by atoms with E-state index < -0.39 is 23.1 Å². The van der Waals surface area contributed by atoms with E-state index in [1.165, 1.54) is 11.3 Å². The fourth-order valence-corrected chi connectivity index (χ4v) is 4.82. The molecule has 1 aromatic heterocycles. The van der Waals surface area contributed by atoms with Crippen LogP contribution in [0, 0.1) is 11.6 Å². The van der Waals surface area contributed by atoms with Crippen molar-refractivity contribution in [3.63, 3.8) is 0 Å². The number of halogens is 2. The Labute approximate surface area is 173 Å². The van der Waals surface area contributed by atoms with Gasteiger partial charge in [-0.25, -0.2) is 13.8 Å². The molecule has 0 bridgehead atoms. The minimum Gasteiger partial charge on any atom is -0.487 e. The molecule has 4 rings (SSSR count). The zero-order valence-corrected chi connectivity index (χ0v) is 17.3. The second kappa shape index (κ2) is 8.75. The quantitative estimate of drug-likeness (QED) is 0.705. The molecule has 3 heterocycles. The molecule has 2 atom stereocenters. The molecule has 5 nitrogen and oxygen atoms in total. The van der Waals surface area contributed by atoms with Crippen molar-refractivity contribution < 1.29 is 18.3 Å². The topological polar surface area (TPSA) is 45.7 Å². The van der Waals surface area contributed by atoms with Crippen LogP contribution in [-0.2, 0) is 6.61 Å². The largest absolute Gasteiger partial charge is 0.487 e. The highest BCUT2D eigenvalue weighted by atomic mass is 32.1. The summed E-state index contributed by atoms with van der Waals surface area (Å²) in [6, 6.07) is 2.66. The second-order valence-corrected chi connectivity index (χ2v) is 8.53. The number of carbonyl (C=O) groups is 1. The predicted octanol–water partition coefficient (Wildman–Crippen LogP) is 4.09. The van der Waals surface area contributed by atoms with Gasteiger partial charge in [-0.15, -0.1) is 11.3 Å². The molecule has 0 saturated carbocycles. The Bertz CT molecular complexity index is 839. The van der Waals surface area contributed by atoms with Gasteiger partial charge in [0.15, 0.2) is 0 Å². The molecule has 1 aromatic carbocycles. The summed E-state index contributed by atoms with van der Waals surface area (Å²) in [7, 11) is 0. The van der Waals surface area contributed by atoms with Gasteiger partial charge in [0.2, 0.25) is 0 Å². The molecule has 2 saturated heterocycles. The Kier molecular flexibility index (Phi) is 6.10. The van der Waals surface area contributed by atoms with E-state index in [1.807, 2.05) is 0 Å². The van der Waals surface area contributed by atoms with Crippen LogP contribution in [0.1, 0.15) is 48.7 Å². The van der Waals surface area contributed by atoms with Gasteiger partial charge in [-0.1, -0.05) is 0 Å². The monoisotopic (exact) mass is 421 g/mol. The predicted molar refractivity (Wildman–Crippen MR) is 107 cm³/mol. The van der Waals surface area contributed by atoms with E-state index in [0.717, 1.165) is 50.9 Å². The summed E-state index contributed by atoms with van der Waals surface area (Å²) >= 11 is 1.42. The molecule has 0 spiro atoms. The van der Waals surface area contributed by atoms with E-state index in [0.29, 0.717) is 18.3 Å². The smallest absolute Gasteiger partial charge is 0.260 e. The third-order valence-corrected chi connectivity index (χ3v) is 6.51. The number of aromatic nitrogens is 1. The van der Waals surface area contributed by atoms with Crippen LogP contribution >= 0.6 is 11.3 Å². The van der Waals surface area contributed by atoms with E-state index in [2.05, 4.69) is 16.8 Å². The van der Waals surface area contributed by atoms with Gasteiger partial charge in [-0.05, 0) is 39.2 Å². The lowest BCUT2D eigenvalue weighted by Crippen LogP contribution is -2.44. The Hall–Kier alpha value is -2.06. The molecule has 1 amide bonds. The van der Waals surface area contributed by atoms with Gasteiger partial charge in [0, 0.05) is 42.7 Å². The summed E-state index contributed by atoms with van der Waals surface area (Å²) in [5.41, 5.74) is 1.86. The third-order valence-electron chi connectivity index (χ3n) is 5.87. The lowest BCUT2D eigenvalue weighted by Gasteiger charge is -2.31. The molecule has 2 aliphatic rings. The summed E-state index contributed by atoms with van der Waals surface area (Å²) < 4.78 is 34.8. The van der Waals surface area contributed by atoms with E-state index >= 15 is 0 Å². The van der Waals surface area contributed by atoms with Crippen molar-refractivity contribution in [1.29, 1.82) is 0 Å². The minimum atomic E-state index is -0.886. The van der Waals surface area contributed by atoms with Gasteiger partial charge < -0.3 is 9.64 Å². The van der Waals surface area contributed by atoms with Crippen LogP contribution in [0.3, 0.4) is 0 Å². The number of rotatable bonds is 6. The molecule has 0 unspecified atom stereocenters. The van der Waals surface area contributed by atoms with Crippen molar-refractivity contribution in [2.24, 2.45) is 0 Å².